The fraction of sp³-hybridized carbons (Fsp3) is 0.917. The van der Waals surface area contributed by atoms with Crippen LogP contribution in [0.5, 0.6) is 0 Å². The van der Waals surface area contributed by atoms with E-state index in [0.717, 1.165) is 25.8 Å². The third-order valence-corrected chi connectivity index (χ3v) is 3.23. The molecule has 1 N–H and O–H groups in total. The first-order valence-electron chi connectivity index (χ1n) is 5.92. The summed E-state index contributed by atoms with van der Waals surface area (Å²) in [4.78, 5) is 13.6. The number of hydrogen-bond donors (Lipinski definition) is 1. The second-order valence-corrected chi connectivity index (χ2v) is 5.19. The van der Waals surface area contributed by atoms with E-state index in [1.165, 1.54) is 0 Å². The molecule has 1 aliphatic carbocycles. The van der Waals surface area contributed by atoms with Gasteiger partial charge in [-0.25, -0.2) is 0 Å². The molecule has 15 heavy (non-hydrogen) atoms. The van der Waals surface area contributed by atoms with E-state index in [4.69, 9.17) is 0 Å². The SMILES string of the molecule is CCN(C1CC1)C(C)(CC(C)C)C(=O)O. The summed E-state index contributed by atoms with van der Waals surface area (Å²) in [5, 5.41) is 9.42. The number of carbonyl (C=O) groups is 1. The maximum Gasteiger partial charge on any atom is 0.323 e. The van der Waals surface area contributed by atoms with Crippen LogP contribution < -0.4 is 0 Å². The molecular formula is C12H23NO2. The number of likely N-dealkylation sites (N-methyl/N-ethyl adjacent to an activating group) is 1. The third-order valence-electron chi connectivity index (χ3n) is 3.23. The van der Waals surface area contributed by atoms with Crippen LogP contribution in [0.2, 0.25) is 0 Å². The first-order chi connectivity index (χ1) is 6.91. The van der Waals surface area contributed by atoms with Gasteiger partial charge in [0.05, 0.1) is 0 Å². The molecule has 0 aromatic rings. The Morgan fingerprint density at radius 3 is 2.33 bits per heavy atom. The van der Waals surface area contributed by atoms with Crippen molar-refractivity contribution in [2.45, 2.75) is 58.5 Å². The lowest BCUT2D eigenvalue weighted by molar-refractivity contribution is -0.152. The molecule has 3 heteroatoms. The minimum Gasteiger partial charge on any atom is -0.480 e. The Kier molecular flexibility index (Phi) is 3.77. The molecule has 0 spiro atoms. The van der Waals surface area contributed by atoms with E-state index >= 15 is 0 Å². The number of aliphatic carboxylic acids is 1. The highest BCUT2D eigenvalue weighted by Gasteiger charge is 2.45. The van der Waals surface area contributed by atoms with Crippen LogP contribution in [0.4, 0.5) is 0 Å². The molecule has 0 saturated heterocycles. The number of carboxylic acids is 1. The summed E-state index contributed by atoms with van der Waals surface area (Å²) in [5.74, 6) is -0.260. The van der Waals surface area contributed by atoms with Crippen molar-refractivity contribution in [3.63, 3.8) is 0 Å². The van der Waals surface area contributed by atoms with Crippen LogP contribution >= 0.6 is 0 Å². The highest BCUT2D eigenvalue weighted by molar-refractivity contribution is 5.78. The zero-order chi connectivity index (χ0) is 11.6. The van der Waals surface area contributed by atoms with Gasteiger partial charge >= 0.3 is 5.97 Å². The average Bonchev–Trinajstić information content (AvgIpc) is 2.87. The van der Waals surface area contributed by atoms with E-state index in [2.05, 4.69) is 25.7 Å². The Hall–Kier alpha value is -0.570. The van der Waals surface area contributed by atoms with Gasteiger partial charge in [0, 0.05) is 6.04 Å². The Morgan fingerprint density at radius 1 is 1.53 bits per heavy atom. The summed E-state index contributed by atoms with van der Waals surface area (Å²) >= 11 is 0. The minimum atomic E-state index is -0.677. The Labute approximate surface area is 92.5 Å². The van der Waals surface area contributed by atoms with Gasteiger partial charge < -0.3 is 5.11 Å². The van der Waals surface area contributed by atoms with E-state index in [0.29, 0.717) is 12.0 Å². The minimum absolute atomic E-state index is 0.416. The molecule has 0 radical (unpaired) electrons. The van der Waals surface area contributed by atoms with Gasteiger partial charge in [0.1, 0.15) is 5.54 Å². The quantitative estimate of drug-likeness (QED) is 0.736. The molecule has 1 rings (SSSR count). The summed E-state index contributed by atoms with van der Waals surface area (Å²) in [7, 11) is 0. The molecular weight excluding hydrogens is 190 g/mol. The standard InChI is InChI=1S/C12H23NO2/c1-5-13(10-6-7-10)12(4,11(14)15)8-9(2)3/h9-10H,5-8H2,1-4H3,(H,14,15). The van der Waals surface area contributed by atoms with Gasteiger partial charge in [0.2, 0.25) is 0 Å². The fourth-order valence-electron chi connectivity index (χ4n) is 2.52. The van der Waals surface area contributed by atoms with Crippen LogP contribution in [0.3, 0.4) is 0 Å². The van der Waals surface area contributed by atoms with Gasteiger partial charge in [-0.1, -0.05) is 20.8 Å². The molecule has 1 fully saturated rings. The molecule has 1 aliphatic rings. The molecule has 0 aromatic carbocycles. The lowest BCUT2D eigenvalue weighted by Crippen LogP contribution is -2.54. The summed E-state index contributed by atoms with van der Waals surface area (Å²) in [6.07, 6.45) is 3.05. The van der Waals surface area contributed by atoms with Crippen molar-refractivity contribution in [2.24, 2.45) is 5.92 Å². The Bertz CT molecular complexity index is 236. The van der Waals surface area contributed by atoms with Crippen LogP contribution in [0.25, 0.3) is 0 Å². The van der Waals surface area contributed by atoms with Crippen LogP contribution in [0, 0.1) is 5.92 Å². The van der Waals surface area contributed by atoms with Crippen LogP contribution in [0.15, 0.2) is 0 Å². The van der Waals surface area contributed by atoms with Gasteiger partial charge in [-0.15, -0.1) is 0 Å². The highest BCUT2D eigenvalue weighted by Crippen LogP contribution is 2.35. The van der Waals surface area contributed by atoms with E-state index in [-0.39, 0.29) is 0 Å². The normalized spacial score (nSPS) is 20.7. The van der Waals surface area contributed by atoms with E-state index in [1.54, 1.807) is 0 Å². The van der Waals surface area contributed by atoms with Crippen molar-refractivity contribution in [1.82, 2.24) is 4.90 Å². The topological polar surface area (TPSA) is 40.5 Å². The summed E-state index contributed by atoms with van der Waals surface area (Å²) in [5.41, 5.74) is -0.677. The lowest BCUT2D eigenvalue weighted by Gasteiger charge is -2.38. The number of rotatable bonds is 6. The zero-order valence-electron chi connectivity index (χ0n) is 10.3. The zero-order valence-corrected chi connectivity index (χ0v) is 10.3. The largest absolute Gasteiger partial charge is 0.480 e. The molecule has 3 nitrogen and oxygen atoms in total. The van der Waals surface area contributed by atoms with Crippen molar-refractivity contribution in [3.8, 4) is 0 Å². The number of nitrogens with zero attached hydrogens (tertiary/aromatic N) is 1. The smallest absolute Gasteiger partial charge is 0.323 e. The van der Waals surface area contributed by atoms with Gasteiger partial charge in [-0.05, 0) is 38.6 Å². The van der Waals surface area contributed by atoms with Gasteiger partial charge in [0.15, 0.2) is 0 Å². The van der Waals surface area contributed by atoms with Crippen molar-refractivity contribution >= 4 is 5.97 Å². The molecule has 0 bridgehead atoms. The predicted octanol–water partition coefficient (Wildman–Crippen LogP) is 2.36. The van der Waals surface area contributed by atoms with Crippen LogP contribution in [-0.2, 0) is 4.79 Å². The first-order valence-corrected chi connectivity index (χ1v) is 5.92. The van der Waals surface area contributed by atoms with Crippen molar-refractivity contribution in [1.29, 1.82) is 0 Å². The van der Waals surface area contributed by atoms with Gasteiger partial charge in [-0.3, -0.25) is 9.69 Å². The van der Waals surface area contributed by atoms with Crippen molar-refractivity contribution in [3.05, 3.63) is 0 Å². The molecule has 0 amide bonds. The number of hydrogen-bond acceptors (Lipinski definition) is 2. The highest BCUT2D eigenvalue weighted by atomic mass is 16.4. The first kappa shape index (κ1) is 12.5. The molecule has 0 heterocycles. The molecule has 1 saturated carbocycles. The van der Waals surface area contributed by atoms with Crippen LogP contribution in [0.1, 0.15) is 47.0 Å². The van der Waals surface area contributed by atoms with Gasteiger partial charge in [-0.2, -0.15) is 0 Å². The molecule has 0 aromatic heterocycles. The molecule has 0 aliphatic heterocycles. The second-order valence-electron chi connectivity index (χ2n) is 5.19. The van der Waals surface area contributed by atoms with E-state index in [9.17, 15) is 9.90 Å². The van der Waals surface area contributed by atoms with Gasteiger partial charge in [0.25, 0.3) is 0 Å². The third kappa shape index (κ3) is 2.71. The second kappa shape index (κ2) is 4.52. The lowest BCUT2D eigenvalue weighted by atomic mass is 9.88. The number of carboxylic acid groups (broad SMARTS) is 1. The van der Waals surface area contributed by atoms with E-state index < -0.39 is 11.5 Å². The summed E-state index contributed by atoms with van der Waals surface area (Å²) in [6, 6.07) is 0.509. The van der Waals surface area contributed by atoms with Crippen molar-refractivity contribution in [2.75, 3.05) is 6.54 Å². The monoisotopic (exact) mass is 213 g/mol. The average molecular weight is 213 g/mol. The predicted molar refractivity (Wildman–Crippen MR) is 60.9 cm³/mol. The Balaban J connectivity index is 2.81. The Morgan fingerprint density at radius 2 is 2.07 bits per heavy atom. The van der Waals surface area contributed by atoms with E-state index in [1.807, 2.05) is 6.92 Å². The summed E-state index contributed by atoms with van der Waals surface area (Å²) < 4.78 is 0. The summed E-state index contributed by atoms with van der Waals surface area (Å²) in [6.45, 7) is 8.93. The fourth-order valence-corrected chi connectivity index (χ4v) is 2.52. The van der Waals surface area contributed by atoms with Crippen LogP contribution in [-0.4, -0.2) is 34.1 Å². The molecule has 1 unspecified atom stereocenters. The molecule has 88 valence electrons. The molecule has 1 atom stereocenters. The maximum absolute atomic E-state index is 11.4. The maximum atomic E-state index is 11.4. The van der Waals surface area contributed by atoms with Crippen molar-refractivity contribution < 1.29 is 9.90 Å².